The number of carbonyl (C=O) groups is 1. The average molecular weight is 256 g/mol. The third-order valence-electron chi connectivity index (χ3n) is 2.70. The van der Waals surface area contributed by atoms with E-state index in [0.29, 0.717) is 10.9 Å². The lowest BCUT2D eigenvalue weighted by molar-refractivity contribution is -0.139. The summed E-state index contributed by atoms with van der Waals surface area (Å²) in [6.45, 7) is 5.76. The molecule has 0 aliphatic heterocycles. The molecule has 0 spiro atoms. The number of hydrogen-bond acceptors (Lipinski definition) is 2. The highest BCUT2D eigenvalue weighted by atomic mass is 35.5. The smallest absolute Gasteiger partial charge is 0.320 e. The third-order valence-corrected chi connectivity index (χ3v) is 2.95. The lowest BCUT2D eigenvalue weighted by Gasteiger charge is -2.25. The molecule has 0 saturated heterocycles. The van der Waals surface area contributed by atoms with Crippen molar-refractivity contribution >= 4 is 17.6 Å². The molecule has 0 amide bonds. The van der Waals surface area contributed by atoms with Gasteiger partial charge in [0.15, 0.2) is 0 Å². The van der Waals surface area contributed by atoms with Crippen LogP contribution in [0.2, 0.25) is 5.02 Å². The Bertz CT molecular complexity index is 376. The van der Waals surface area contributed by atoms with E-state index in [9.17, 15) is 4.79 Å². The fraction of sp³-hybridized carbons (Fsp3) is 0.462. The Morgan fingerprint density at radius 3 is 2.18 bits per heavy atom. The minimum atomic E-state index is -0.843. The second-order valence-electron chi connectivity index (χ2n) is 4.50. The predicted octanol–water partition coefficient (Wildman–Crippen LogP) is 3.10. The fourth-order valence-electron chi connectivity index (χ4n) is 1.68. The summed E-state index contributed by atoms with van der Waals surface area (Å²) in [7, 11) is 0. The van der Waals surface area contributed by atoms with Crippen LogP contribution in [-0.4, -0.2) is 17.1 Å². The van der Waals surface area contributed by atoms with E-state index in [1.54, 1.807) is 6.92 Å². The number of carboxylic acids is 1. The Labute approximate surface area is 107 Å². The van der Waals surface area contributed by atoms with Gasteiger partial charge in [-0.1, -0.05) is 37.6 Å². The van der Waals surface area contributed by atoms with Gasteiger partial charge in [-0.2, -0.15) is 0 Å². The maximum absolute atomic E-state index is 10.9. The van der Waals surface area contributed by atoms with Crippen LogP contribution in [0.5, 0.6) is 0 Å². The maximum atomic E-state index is 10.9. The van der Waals surface area contributed by atoms with Crippen molar-refractivity contribution in [1.82, 2.24) is 5.32 Å². The SMILES string of the molecule is CC(NC(c1ccc(Cl)cc1)C(C)C)C(=O)O. The minimum absolute atomic E-state index is 0.0124. The molecule has 1 rings (SSSR count). The number of benzene rings is 1. The second-order valence-corrected chi connectivity index (χ2v) is 4.94. The topological polar surface area (TPSA) is 49.3 Å². The van der Waals surface area contributed by atoms with Crippen LogP contribution in [0.25, 0.3) is 0 Å². The summed E-state index contributed by atoms with van der Waals surface area (Å²) in [5, 5.41) is 12.7. The van der Waals surface area contributed by atoms with Gasteiger partial charge in [0.25, 0.3) is 0 Å². The van der Waals surface area contributed by atoms with Crippen molar-refractivity contribution in [1.29, 1.82) is 0 Å². The van der Waals surface area contributed by atoms with Crippen LogP contribution in [0.3, 0.4) is 0 Å². The van der Waals surface area contributed by atoms with Crippen LogP contribution in [0, 0.1) is 5.92 Å². The Kier molecular flexibility index (Phi) is 4.97. The number of nitrogens with one attached hydrogen (secondary N) is 1. The first-order valence-electron chi connectivity index (χ1n) is 5.66. The van der Waals surface area contributed by atoms with Crippen LogP contribution in [0.1, 0.15) is 32.4 Å². The summed E-state index contributed by atoms with van der Waals surface area (Å²) < 4.78 is 0. The van der Waals surface area contributed by atoms with Crippen LogP contribution in [0.15, 0.2) is 24.3 Å². The lowest BCUT2D eigenvalue weighted by Crippen LogP contribution is -2.38. The van der Waals surface area contributed by atoms with Gasteiger partial charge in [-0.3, -0.25) is 10.1 Å². The lowest BCUT2D eigenvalue weighted by atomic mass is 9.95. The summed E-state index contributed by atoms with van der Waals surface area (Å²) in [6, 6.07) is 6.93. The van der Waals surface area contributed by atoms with Crippen molar-refractivity contribution in [3.63, 3.8) is 0 Å². The summed E-state index contributed by atoms with van der Waals surface area (Å²) >= 11 is 5.84. The zero-order valence-corrected chi connectivity index (χ0v) is 11.0. The van der Waals surface area contributed by atoms with Crippen LogP contribution in [0.4, 0.5) is 0 Å². The Morgan fingerprint density at radius 2 is 1.76 bits per heavy atom. The van der Waals surface area contributed by atoms with Gasteiger partial charge in [0.2, 0.25) is 0 Å². The normalized spacial score (nSPS) is 14.6. The maximum Gasteiger partial charge on any atom is 0.320 e. The Hall–Kier alpha value is -1.06. The molecular weight excluding hydrogens is 238 g/mol. The standard InChI is InChI=1S/C13H18ClNO2/c1-8(2)12(15-9(3)13(16)17)10-4-6-11(14)7-5-10/h4-9,12,15H,1-3H3,(H,16,17). The molecule has 2 unspecified atom stereocenters. The van der Waals surface area contributed by atoms with Crippen molar-refractivity contribution in [2.45, 2.75) is 32.9 Å². The van der Waals surface area contributed by atoms with Crippen molar-refractivity contribution in [3.8, 4) is 0 Å². The third kappa shape index (κ3) is 4.02. The van der Waals surface area contributed by atoms with Crippen LogP contribution < -0.4 is 5.32 Å². The molecule has 0 aromatic heterocycles. The molecule has 2 N–H and O–H groups in total. The van der Waals surface area contributed by atoms with E-state index in [1.165, 1.54) is 0 Å². The van der Waals surface area contributed by atoms with E-state index < -0.39 is 12.0 Å². The number of hydrogen-bond donors (Lipinski definition) is 2. The van der Waals surface area contributed by atoms with Crippen molar-refractivity contribution in [2.75, 3.05) is 0 Å². The molecule has 0 aliphatic carbocycles. The minimum Gasteiger partial charge on any atom is -0.480 e. The Morgan fingerprint density at radius 1 is 1.24 bits per heavy atom. The van der Waals surface area contributed by atoms with Gasteiger partial charge in [0, 0.05) is 11.1 Å². The molecule has 0 heterocycles. The molecule has 94 valence electrons. The van der Waals surface area contributed by atoms with E-state index in [0.717, 1.165) is 5.56 Å². The molecule has 2 atom stereocenters. The zero-order chi connectivity index (χ0) is 13.0. The first-order chi connectivity index (χ1) is 7.91. The summed E-state index contributed by atoms with van der Waals surface area (Å²) in [4.78, 5) is 10.9. The van der Waals surface area contributed by atoms with Gasteiger partial charge in [0.05, 0.1) is 0 Å². The molecule has 3 nitrogen and oxygen atoms in total. The predicted molar refractivity (Wildman–Crippen MR) is 69.3 cm³/mol. The summed E-state index contributed by atoms with van der Waals surface area (Å²) in [5.41, 5.74) is 1.05. The van der Waals surface area contributed by atoms with E-state index in [2.05, 4.69) is 19.2 Å². The van der Waals surface area contributed by atoms with Gasteiger partial charge in [-0.25, -0.2) is 0 Å². The highest BCUT2D eigenvalue weighted by Crippen LogP contribution is 2.23. The van der Waals surface area contributed by atoms with Gasteiger partial charge in [0.1, 0.15) is 6.04 Å². The molecule has 1 aromatic carbocycles. The second kappa shape index (κ2) is 6.03. The van der Waals surface area contributed by atoms with Gasteiger partial charge in [-0.05, 0) is 30.5 Å². The molecule has 0 radical (unpaired) electrons. The highest BCUT2D eigenvalue weighted by Gasteiger charge is 2.21. The number of aliphatic carboxylic acids is 1. The molecule has 17 heavy (non-hydrogen) atoms. The van der Waals surface area contributed by atoms with E-state index in [-0.39, 0.29) is 6.04 Å². The average Bonchev–Trinajstić information content (AvgIpc) is 2.26. The number of rotatable bonds is 5. The van der Waals surface area contributed by atoms with Crippen molar-refractivity contribution in [2.24, 2.45) is 5.92 Å². The quantitative estimate of drug-likeness (QED) is 0.850. The molecule has 0 saturated carbocycles. The molecule has 0 fully saturated rings. The number of halogens is 1. The first-order valence-corrected chi connectivity index (χ1v) is 6.04. The summed E-state index contributed by atoms with van der Waals surface area (Å²) in [6.07, 6.45) is 0. The van der Waals surface area contributed by atoms with Crippen molar-refractivity contribution in [3.05, 3.63) is 34.9 Å². The zero-order valence-electron chi connectivity index (χ0n) is 10.3. The molecular formula is C13H18ClNO2. The van der Waals surface area contributed by atoms with E-state index in [1.807, 2.05) is 24.3 Å². The van der Waals surface area contributed by atoms with E-state index in [4.69, 9.17) is 16.7 Å². The first kappa shape index (κ1) is 14.0. The van der Waals surface area contributed by atoms with Gasteiger partial charge < -0.3 is 5.11 Å². The van der Waals surface area contributed by atoms with Crippen molar-refractivity contribution < 1.29 is 9.90 Å². The fourth-order valence-corrected chi connectivity index (χ4v) is 1.81. The van der Waals surface area contributed by atoms with Gasteiger partial charge in [-0.15, -0.1) is 0 Å². The molecule has 0 aliphatic rings. The Balaban J connectivity index is 2.86. The molecule has 4 heteroatoms. The molecule has 1 aromatic rings. The monoisotopic (exact) mass is 255 g/mol. The van der Waals surface area contributed by atoms with Crippen LogP contribution >= 0.6 is 11.6 Å². The van der Waals surface area contributed by atoms with Gasteiger partial charge >= 0.3 is 5.97 Å². The number of carboxylic acid groups (broad SMARTS) is 1. The molecule has 0 bridgehead atoms. The summed E-state index contributed by atoms with van der Waals surface area (Å²) in [5.74, 6) is -0.539. The highest BCUT2D eigenvalue weighted by molar-refractivity contribution is 6.30. The van der Waals surface area contributed by atoms with E-state index >= 15 is 0 Å². The van der Waals surface area contributed by atoms with Crippen LogP contribution in [-0.2, 0) is 4.79 Å². The largest absolute Gasteiger partial charge is 0.480 e.